The second kappa shape index (κ2) is 8.44. The molecular formula is C20H14ClN5O3S. The Morgan fingerprint density at radius 1 is 1.20 bits per heavy atom. The van der Waals surface area contributed by atoms with Gasteiger partial charge in [0, 0.05) is 22.1 Å². The number of oxime groups is 1. The van der Waals surface area contributed by atoms with Crippen LogP contribution < -0.4 is 5.73 Å². The molecule has 2 heterocycles. The first-order valence-electron chi connectivity index (χ1n) is 8.68. The Hall–Kier alpha value is -3.56. The lowest BCUT2D eigenvalue weighted by atomic mass is 10.1. The van der Waals surface area contributed by atoms with Crippen LogP contribution in [0.4, 0.5) is 0 Å². The van der Waals surface area contributed by atoms with Gasteiger partial charge in [-0.15, -0.1) is 5.10 Å². The monoisotopic (exact) mass is 439 g/mol. The first-order valence-corrected chi connectivity index (χ1v) is 9.90. The molecular weight excluding hydrogens is 426 g/mol. The highest BCUT2D eigenvalue weighted by atomic mass is 35.5. The van der Waals surface area contributed by atoms with Crippen molar-refractivity contribution in [1.29, 1.82) is 0 Å². The van der Waals surface area contributed by atoms with Crippen LogP contribution in [0.1, 0.15) is 21.7 Å². The first-order chi connectivity index (χ1) is 14.5. The van der Waals surface area contributed by atoms with Crippen molar-refractivity contribution >= 4 is 34.9 Å². The fourth-order valence-electron chi connectivity index (χ4n) is 2.74. The molecule has 150 valence electrons. The van der Waals surface area contributed by atoms with Crippen LogP contribution in [0.5, 0.6) is 0 Å². The van der Waals surface area contributed by atoms with E-state index in [-0.39, 0.29) is 22.9 Å². The summed E-state index contributed by atoms with van der Waals surface area (Å²) in [5.41, 5.74) is 9.16. The Balaban J connectivity index is 1.54. The molecule has 0 atom stereocenters. The van der Waals surface area contributed by atoms with Crippen molar-refractivity contribution in [2.75, 3.05) is 0 Å². The molecule has 0 aliphatic rings. The molecule has 30 heavy (non-hydrogen) atoms. The number of carbonyl (C=O) groups is 1. The molecule has 4 aromatic rings. The fraction of sp³-hybridized carbons (Fsp3) is 0.0500. The number of hydrogen-bond donors (Lipinski definition) is 1. The topological polar surface area (TPSA) is 116 Å². The van der Waals surface area contributed by atoms with Crippen LogP contribution in [0.25, 0.3) is 22.5 Å². The Morgan fingerprint density at radius 2 is 1.97 bits per heavy atom. The molecule has 0 unspecified atom stereocenters. The van der Waals surface area contributed by atoms with E-state index in [0.29, 0.717) is 16.1 Å². The van der Waals surface area contributed by atoms with Crippen molar-refractivity contribution in [2.45, 2.75) is 6.92 Å². The van der Waals surface area contributed by atoms with Crippen LogP contribution in [0, 0.1) is 6.92 Å². The maximum atomic E-state index is 12.6. The summed E-state index contributed by atoms with van der Waals surface area (Å²) in [6, 6.07) is 14.1. The molecule has 0 spiro atoms. The quantitative estimate of drug-likeness (QED) is 0.213. The third-order valence-electron chi connectivity index (χ3n) is 4.26. The van der Waals surface area contributed by atoms with Crippen LogP contribution in [0.3, 0.4) is 0 Å². The predicted molar refractivity (Wildman–Crippen MR) is 113 cm³/mol. The fourth-order valence-corrected chi connectivity index (χ4v) is 3.43. The molecule has 0 amide bonds. The molecule has 0 aliphatic carbocycles. The lowest BCUT2D eigenvalue weighted by molar-refractivity contribution is 0.0515. The van der Waals surface area contributed by atoms with Crippen LogP contribution in [0.2, 0.25) is 5.02 Å². The summed E-state index contributed by atoms with van der Waals surface area (Å²) in [4.78, 5) is 17.7. The summed E-state index contributed by atoms with van der Waals surface area (Å²) in [7, 11) is 0. The molecule has 10 heteroatoms. The summed E-state index contributed by atoms with van der Waals surface area (Å²) < 4.78 is 9.00. The summed E-state index contributed by atoms with van der Waals surface area (Å²) in [5.74, 6) is -0.429. The van der Waals surface area contributed by atoms with E-state index in [4.69, 9.17) is 26.7 Å². The number of halogens is 1. The second-order valence-electron chi connectivity index (χ2n) is 6.16. The molecule has 4 rings (SSSR count). The zero-order valence-electron chi connectivity index (χ0n) is 15.6. The minimum Gasteiger partial charge on any atom is -0.380 e. The first kappa shape index (κ1) is 19.7. The van der Waals surface area contributed by atoms with Crippen molar-refractivity contribution in [2.24, 2.45) is 10.9 Å². The standard InChI is InChI=1S/C20H14ClN5O3S/c1-11-17(18(24-28-11)14-4-2-3-5-15(14)21)20(27)29-25-19(22)13-8-6-12(7-9-13)16-10-30-26-23-16/h2-10H,1H3,(H2,22,25). The molecule has 0 saturated heterocycles. The van der Waals surface area contributed by atoms with Gasteiger partial charge < -0.3 is 15.1 Å². The summed E-state index contributed by atoms with van der Waals surface area (Å²) in [6.45, 7) is 1.60. The van der Waals surface area contributed by atoms with Crippen molar-refractivity contribution in [3.05, 3.63) is 75.8 Å². The highest BCUT2D eigenvalue weighted by Crippen LogP contribution is 2.31. The lowest BCUT2D eigenvalue weighted by Gasteiger charge is -2.04. The SMILES string of the molecule is Cc1onc(-c2ccccc2Cl)c1C(=O)O/N=C(/N)c1ccc(-c2csnn2)cc1. The van der Waals surface area contributed by atoms with Gasteiger partial charge in [0.25, 0.3) is 0 Å². The average molecular weight is 440 g/mol. The maximum Gasteiger partial charge on any atom is 0.371 e. The zero-order chi connectivity index (χ0) is 21.1. The molecule has 2 N–H and O–H groups in total. The number of rotatable bonds is 5. The number of amidine groups is 1. The Labute approximate surface area is 180 Å². The van der Waals surface area contributed by atoms with Gasteiger partial charge in [0.2, 0.25) is 0 Å². The summed E-state index contributed by atoms with van der Waals surface area (Å²) in [5, 5.41) is 14.0. The van der Waals surface area contributed by atoms with Crippen molar-refractivity contribution in [1.82, 2.24) is 14.7 Å². The van der Waals surface area contributed by atoms with E-state index in [0.717, 1.165) is 11.3 Å². The highest BCUT2D eigenvalue weighted by Gasteiger charge is 2.24. The molecule has 8 nitrogen and oxygen atoms in total. The summed E-state index contributed by atoms with van der Waals surface area (Å²) >= 11 is 7.48. The van der Waals surface area contributed by atoms with Crippen molar-refractivity contribution in [3.63, 3.8) is 0 Å². The molecule has 2 aromatic heterocycles. The molecule has 0 bridgehead atoms. The van der Waals surface area contributed by atoms with E-state index in [1.54, 1.807) is 43.3 Å². The number of carbonyl (C=O) groups excluding carboxylic acids is 1. The molecule has 0 fully saturated rings. The van der Waals surface area contributed by atoms with Gasteiger partial charge in [-0.05, 0) is 24.5 Å². The van der Waals surface area contributed by atoms with E-state index in [2.05, 4.69) is 19.9 Å². The Morgan fingerprint density at radius 3 is 2.67 bits per heavy atom. The zero-order valence-corrected chi connectivity index (χ0v) is 17.1. The Bertz CT molecular complexity index is 1220. The third-order valence-corrected chi connectivity index (χ3v) is 5.09. The van der Waals surface area contributed by atoms with Gasteiger partial charge >= 0.3 is 5.97 Å². The second-order valence-corrected chi connectivity index (χ2v) is 7.18. The number of nitrogens with zero attached hydrogens (tertiary/aromatic N) is 4. The third kappa shape index (κ3) is 3.93. The largest absolute Gasteiger partial charge is 0.380 e. The van der Waals surface area contributed by atoms with Gasteiger partial charge in [0.1, 0.15) is 22.7 Å². The van der Waals surface area contributed by atoms with Crippen molar-refractivity contribution in [3.8, 4) is 22.5 Å². The van der Waals surface area contributed by atoms with E-state index >= 15 is 0 Å². The van der Waals surface area contributed by atoms with Crippen LogP contribution in [-0.2, 0) is 4.84 Å². The lowest BCUT2D eigenvalue weighted by Crippen LogP contribution is -2.15. The van der Waals surface area contributed by atoms with Gasteiger partial charge in [-0.3, -0.25) is 0 Å². The maximum absolute atomic E-state index is 12.6. The average Bonchev–Trinajstić information content (AvgIpc) is 3.42. The number of hydrogen-bond acceptors (Lipinski definition) is 8. The van der Waals surface area contributed by atoms with E-state index in [1.807, 2.05) is 17.5 Å². The van der Waals surface area contributed by atoms with Gasteiger partial charge in [-0.2, -0.15) is 0 Å². The number of aryl methyl sites for hydroxylation is 1. The van der Waals surface area contributed by atoms with E-state index in [9.17, 15) is 4.79 Å². The van der Waals surface area contributed by atoms with Crippen LogP contribution >= 0.6 is 23.1 Å². The smallest absolute Gasteiger partial charge is 0.371 e. The Kier molecular flexibility index (Phi) is 5.55. The van der Waals surface area contributed by atoms with Gasteiger partial charge in [-0.1, -0.05) is 68.9 Å². The summed E-state index contributed by atoms with van der Waals surface area (Å²) in [6.07, 6.45) is 0. The van der Waals surface area contributed by atoms with E-state index in [1.165, 1.54) is 11.5 Å². The molecule has 0 radical (unpaired) electrons. The minimum atomic E-state index is -0.753. The minimum absolute atomic E-state index is 0.0414. The molecule has 0 saturated carbocycles. The highest BCUT2D eigenvalue weighted by molar-refractivity contribution is 7.03. The normalized spacial score (nSPS) is 11.5. The number of aromatic nitrogens is 3. The predicted octanol–water partition coefficient (Wildman–Crippen LogP) is 4.30. The number of benzene rings is 2. The molecule has 2 aromatic carbocycles. The number of nitrogens with two attached hydrogens (primary N) is 1. The van der Waals surface area contributed by atoms with E-state index < -0.39 is 5.97 Å². The van der Waals surface area contributed by atoms with Gasteiger partial charge in [0.15, 0.2) is 5.84 Å². The van der Waals surface area contributed by atoms with Gasteiger partial charge in [-0.25, -0.2) is 4.79 Å². The molecule has 0 aliphatic heterocycles. The van der Waals surface area contributed by atoms with Crippen molar-refractivity contribution < 1.29 is 14.2 Å². The van der Waals surface area contributed by atoms with Crippen LogP contribution in [-0.4, -0.2) is 26.5 Å². The van der Waals surface area contributed by atoms with Gasteiger partial charge in [0.05, 0.1) is 5.02 Å². The van der Waals surface area contributed by atoms with Crippen LogP contribution in [0.15, 0.2) is 63.6 Å².